The maximum Gasteiger partial charge on any atom is 0.408 e. The molecule has 2 N–H and O–H groups in total. The maximum atomic E-state index is 11.8. The van der Waals surface area contributed by atoms with Gasteiger partial charge < -0.3 is 19.9 Å². The lowest BCUT2D eigenvalue weighted by molar-refractivity contribution is -0.140. The summed E-state index contributed by atoms with van der Waals surface area (Å²) in [5, 5.41) is 12.0. The van der Waals surface area contributed by atoms with E-state index in [9.17, 15) is 14.7 Å². The molecule has 0 aliphatic carbocycles. The molecule has 6 nitrogen and oxygen atoms in total. The minimum absolute atomic E-state index is 0.103. The Hall–Kier alpha value is -1.61. The second-order valence-corrected chi connectivity index (χ2v) is 5.63. The van der Waals surface area contributed by atoms with Crippen molar-refractivity contribution in [1.29, 1.82) is 0 Å². The number of alkyl carbamates (subject to hydrolysis) is 1. The van der Waals surface area contributed by atoms with Crippen molar-refractivity contribution < 1.29 is 24.2 Å². The third-order valence-corrected chi connectivity index (χ3v) is 3.97. The van der Waals surface area contributed by atoms with Gasteiger partial charge >= 0.3 is 12.1 Å². The number of amides is 1. The highest BCUT2D eigenvalue weighted by molar-refractivity contribution is 14.1. The van der Waals surface area contributed by atoms with Gasteiger partial charge in [0.05, 0.1) is 12.4 Å². The number of aliphatic hydroxyl groups excluding tert-OH is 1. The molecule has 7 heteroatoms. The highest BCUT2D eigenvalue weighted by Gasteiger charge is 2.23. The van der Waals surface area contributed by atoms with E-state index in [-0.39, 0.29) is 13.0 Å². The fourth-order valence-corrected chi connectivity index (χ4v) is 2.20. The smallest absolute Gasteiger partial charge is 0.408 e. The van der Waals surface area contributed by atoms with Crippen LogP contribution in [0.3, 0.4) is 0 Å². The normalized spacial score (nSPS) is 12.8. The number of hydrogen-bond donors (Lipinski definition) is 2. The van der Waals surface area contributed by atoms with E-state index >= 15 is 0 Å². The van der Waals surface area contributed by atoms with Gasteiger partial charge in [-0.25, -0.2) is 9.59 Å². The van der Waals surface area contributed by atoms with E-state index in [1.165, 1.54) is 0 Å². The average molecular weight is 433 g/mol. The van der Waals surface area contributed by atoms with Crippen molar-refractivity contribution in [2.75, 3.05) is 4.43 Å². The van der Waals surface area contributed by atoms with Crippen molar-refractivity contribution in [2.45, 2.75) is 31.6 Å². The fraction of sp³-hybridized carbons (Fsp3) is 0.375. The summed E-state index contributed by atoms with van der Waals surface area (Å²) in [6, 6.07) is 8.30. The van der Waals surface area contributed by atoms with Crippen LogP contribution in [-0.4, -0.2) is 33.7 Å². The summed E-state index contributed by atoms with van der Waals surface area (Å²) in [5.41, 5.74) is 0.841. The molecule has 0 radical (unpaired) electrons. The molecule has 0 saturated carbocycles. The van der Waals surface area contributed by atoms with Crippen LogP contribution in [0.15, 0.2) is 43.2 Å². The molecule has 1 rings (SSSR count). The van der Waals surface area contributed by atoms with E-state index in [0.717, 1.165) is 11.8 Å². The van der Waals surface area contributed by atoms with Gasteiger partial charge in [0, 0.05) is 4.43 Å². The van der Waals surface area contributed by atoms with Crippen LogP contribution in [0, 0.1) is 0 Å². The molecule has 0 fully saturated rings. The van der Waals surface area contributed by atoms with Gasteiger partial charge in [-0.1, -0.05) is 59.5 Å². The molecule has 0 aliphatic heterocycles. The van der Waals surface area contributed by atoms with Gasteiger partial charge in [0.25, 0.3) is 0 Å². The largest absolute Gasteiger partial charge is 0.445 e. The summed E-state index contributed by atoms with van der Waals surface area (Å²) in [7, 11) is 0. The van der Waals surface area contributed by atoms with E-state index in [2.05, 4.69) is 11.9 Å². The zero-order valence-electron chi connectivity index (χ0n) is 12.6. The highest BCUT2D eigenvalue weighted by Crippen LogP contribution is 2.07. The fourth-order valence-electron chi connectivity index (χ4n) is 1.76. The van der Waals surface area contributed by atoms with E-state index in [1.54, 1.807) is 0 Å². The maximum absolute atomic E-state index is 11.8. The number of hydrogen-bond acceptors (Lipinski definition) is 5. The summed E-state index contributed by atoms with van der Waals surface area (Å²) in [5.74, 6) is -0.641. The van der Waals surface area contributed by atoms with Gasteiger partial charge in [-0.05, 0) is 18.4 Å². The molecule has 2 atom stereocenters. The topological polar surface area (TPSA) is 84.9 Å². The second kappa shape index (κ2) is 11.0. The van der Waals surface area contributed by atoms with Crippen molar-refractivity contribution in [3.05, 3.63) is 48.7 Å². The van der Waals surface area contributed by atoms with Gasteiger partial charge in [-0.2, -0.15) is 0 Å². The van der Waals surface area contributed by atoms with E-state index < -0.39 is 24.2 Å². The Morgan fingerprint density at radius 1 is 1.30 bits per heavy atom. The summed E-state index contributed by atoms with van der Waals surface area (Å²) >= 11 is 2.05. The highest BCUT2D eigenvalue weighted by atomic mass is 127. The number of esters is 1. The zero-order chi connectivity index (χ0) is 17.1. The van der Waals surface area contributed by atoms with Crippen LogP contribution < -0.4 is 5.32 Å². The van der Waals surface area contributed by atoms with E-state index in [4.69, 9.17) is 9.47 Å². The number of alkyl halides is 1. The van der Waals surface area contributed by atoms with Crippen LogP contribution in [0.5, 0.6) is 0 Å². The Balaban J connectivity index is 2.51. The minimum atomic E-state index is -0.895. The predicted octanol–water partition coefficient (Wildman–Crippen LogP) is 2.54. The zero-order valence-corrected chi connectivity index (χ0v) is 14.8. The Morgan fingerprint density at radius 3 is 2.61 bits per heavy atom. The lowest BCUT2D eigenvalue weighted by atomic mass is 10.1. The molecule has 2 unspecified atom stereocenters. The molecule has 1 amide bonds. The molecule has 0 saturated heterocycles. The summed E-state index contributed by atoms with van der Waals surface area (Å²) in [6.45, 7) is 3.42. The van der Waals surface area contributed by atoms with Crippen molar-refractivity contribution in [1.82, 2.24) is 5.32 Å². The van der Waals surface area contributed by atoms with E-state index in [0.29, 0.717) is 10.8 Å². The van der Waals surface area contributed by atoms with Gasteiger partial charge in [-0.3, -0.25) is 0 Å². The number of rotatable bonds is 9. The molecule has 0 spiro atoms. The van der Waals surface area contributed by atoms with Gasteiger partial charge in [-0.15, -0.1) is 0 Å². The van der Waals surface area contributed by atoms with Crippen molar-refractivity contribution in [2.24, 2.45) is 0 Å². The lowest BCUT2D eigenvalue weighted by Crippen LogP contribution is -2.42. The molecule has 0 aliphatic rings. The van der Waals surface area contributed by atoms with Crippen LogP contribution >= 0.6 is 22.6 Å². The van der Waals surface area contributed by atoms with Crippen LogP contribution in [0.2, 0.25) is 0 Å². The molecule has 0 heterocycles. The molecule has 0 bridgehead atoms. The first kappa shape index (κ1) is 19.4. The van der Waals surface area contributed by atoms with Crippen LogP contribution in [0.25, 0.3) is 0 Å². The molecule has 1 aromatic carbocycles. The number of ether oxygens (including phenoxy) is 2. The van der Waals surface area contributed by atoms with Gasteiger partial charge in [0.2, 0.25) is 0 Å². The SMILES string of the molecule is C=COC(=O)C(CCC(O)CI)NC(=O)OCc1ccccc1. The summed E-state index contributed by atoms with van der Waals surface area (Å²) in [6.07, 6.45) is 0.345. The molecule has 1 aromatic rings. The molecular formula is C16H20INO5. The Kier molecular flexibility index (Phi) is 9.30. The molecule has 126 valence electrons. The first-order chi connectivity index (χ1) is 11.1. The number of benzene rings is 1. The van der Waals surface area contributed by atoms with Crippen molar-refractivity contribution in [3.63, 3.8) is 0 Å². The number of nitrogens with one attached hydrogen (secondary N) is 1. The quantitative estimate of drug-likeness (QED) is 0.271. The molecule has 23 heavy (non-hydrogen) atoms. The third kappa shape index (κ3) is 7.98. The Labute approximate surface area is 149 Å². The minimum Gasteiger partial charge on any atom is -0.445 e. The van der Waals surface area contributed by atoms with E-state index in [1.807, 2.05) is 52.9 Å². The number of carbonyl (C=O) groups excluding carboxylic acids is 2. The van der Waals surface area contributed by atoms with Gasteiger partial charge in [0.1, 0.15) is 12.6 Å². The predicted molar refractivity (Wildman–Crippen MR) is 94.0 cm³/mol. The number of aliphatic hydroxyl groups is 1. The van der Waals surface area contributed by atoms with Crippen LogP contribution in [0.1, 0.15) is 18.4 Å². The molecular weight excluding hydrogens is 413 g/mol. The second-order valence-electron chi connectivity index (χ2n) is 4.75. The summed E-state index contributed by atoms with van der Waals surface area (Å²) < 4.78 is 10.3. The number of halogens is 1. The monoisotopic (exact) mass is 433 g/mol. The number of carbonyl (C=O) groups is 2. The molecule has 0 aromatic heterocycles. The standard InChI is InChI=1S/C16H20INO5/c1-2-22-15(20)14(9-8-13(19)10-17)18-16(21)23-11-12-6-4-3-5-7-12/h2-7,13-14,19H,1,8-11H2,(H,18,21). The van der Waals surface area contributed by atoms with Crippen molar-refractivity contribution in [3.8, 4) is 0 Å². The van der Waals surface area contributed by atoms with Crippen LogP contribution in [-0.2, 0) is 20.9 Å². The lowest BCUT2D eigenvalue weighted by Gasteiger charge is -2.17. The first-order valence-corrected chi connectivity index (χ1v) is 8.62. The van der Waals surface area contributed by atoms with Crippen LogP contribution in [0.4, 0.5) is 4.79 Å². The van der Waals surface area contributed by atoms with Gasteiger partial charge in [0.15, 0.2) is 0 Å². The first-order valence-electron chi connectivity index (χ1n) is 7.09. The Bertz CT molecular complexity index is 508. The summed E-state index contributed by atoms with van der Waals surface area (Å²) in [4.78, 5) is 23.6. The average Bonchev–Trinajstić information content (AvgIpc) is 2.57. The Morgan fingerprint density at radius 2 is 2.00 bits per heavy atom. The third-order valence-electron chi connectivity index (χ3n) is 2.96. The van der Waals surface area contributed by atoms with Crippen molar-refractivity contribution >= 4 is 34.7 Å².